The van der Waals surface area contributed by atoms with Crippen LogP contribution in [0.3, 0.4) is 0 Å². The Morgan fingerprint density at radius 3 is 1.35 bits per heavy atom. The summed E-state index contributed by atoms with van der Waals surface area (Å²) >= 11 is 0. The minimum atomic E-state index is -2.35. The number of unbranched alkanes of at least 4 members (excludes halogenated alkanes) is 17. The van der Waals surface area contributed by atoms with Crippen molar-refractivity contribution < 1.29 is 13.9 Å². The van der Waals surface area contributed by atoms with Crippen LogP contribution in [0.5, 0.6) is 0 Å². The van der Waals surface area contributed by atoms with Gasteiger partial charge < -0.3 is 4.89 Å². The Balaban J connectivity index is 3.32. The molecule has 0 aromatic carbocycles. The third-order valence-electron chi connectivity index (χ3n) is 6.36. The Bertz CT molecular complexity index is 431. The zero-order valence-corrected chi connectivity index (χ0v) is 22.5. The molecule has 2 atom stereocenters. The highest BCUT2D eigenvalue weighted by Crippen LogP contribution is 2.28. The topological polar surface area (TPSA) is 40.1 Å². The molecule has 31 heavy (non-hydrogen) atoms. The molecule has 0 bridgehead atoms. The van der Waals surface area contributed by atoms with Gasteiger partial charge in [0.05, 0.1) is 21.1 Å². The molecular formula is C27H55NO2P+. The summed E-state index contributed by atoms with van der Waals surface area (Å²) < 4.78 is 11.9. The van der Waals surface area contributed by atoms with Crippen molar-refractivity contribution in [2.24, 2.45) is 0 Å². The quantitative estimate of drug-likeness (QED) is 0.0669. The van der Waals surface area contributed by atoms with Crippen LogP contribution in [0.4, 0.5) is 0 Å². The lowest BCUT2D eigenvalue weighted by atomic mass is 10.0. The number of hydrogen-bond acceptors (Lipinski definition) is 2. The predicted octanol–water partition coefficient (Wildman–Crippen LogP) is 8.50. The molecule has 0 N–H and O–H groups in total. The first-order valence-electron chi connectivity index (χ1n) is 13.5. The van der Waals surface area contributed by atoms with Gasteiger partial charge in [0.25, 0.3) is 5.78 Å². The van der Waals surface area contributed by atoms with Gasteiger partial charge in [-0.25, -0.2) is 0 Å². The molecule has 0 fully saturated rings. The number of allylic oxidation sites excluding steroid dienone is 2. The summed E-state index contributed by atoms with van der Waals surface area (Å²) in [5.74, 6) is -0.260. The lowest BCUT2D eigenvalue weighted by molar-refractivity contribution is -0.883. The Hall–Kier alpha value is -0.240. The van der Waals surface area contributed by atoms with Gasteiger partial charge in [0.2, 0.25) is 0 Å². The molecule has 0 aliphatic carbocycles. The fraction of sp³-hybridized carbons (Fsp3) is 0.926. The summed E-state index contributed by atoms with van der Waals surface area (Å²) in [5.41, 5.74) is 0. The van der Waals surface area contributed by atoms with Crippen LogP contribution in [0.1, 0.15) is 135 Å². The summed E-state index contributed by atoms with van der Waals surface area (Å²) in [6.45, 7) is 2.29. The third-order valence-corrected chi connectivity index (χ3v) is 7.80. The van der Waals surface area contributed by atoms with E-state index >= 15 is 0 Å². The van der Waals surface area contributed by atoms with Crippen LogP contribution in [0, 0.1) is 0 Å². The van der Waals surface area contributed by atoms with Crippen molar-refractivity contribution in [1.82, 2.24) is 0 Å². The van der Waals surface area contributed by atoms with E-state index < -0.39 is 8.03 Å². The molecule has 0 heterocycles. The minimum absolute atomic E-state index is 0.260. The molecule has 0 saturated heterocycles. The van der Waals surface area contributed by atoms with E-state index in [0.29, 0.717) is 4.48 Å². The molecule has 0 aromatic rings. The fourth-order valence-corrected chi connectivity index (χ4v) is 5.20. The largest absolute Gasteiger partial charge is 0.591 e. The molecule has 2 unspecified atom stereocenters. The van der Waals surface area contributed by atoms with Crippen LogP contribution in [-0.2, 0) is 4.57 Å². The second-order valence-corrected chi connectivity index (χ2v) is 11.5. The molecule has 0 saturated carbocycles. The summed E-state index contributed by atoms with van der Waals surface area (Å²) in [5, 5.41) is 0. The van der Waals surface area contributed by atoms with Gasteiger partial charge in [-0.15, -0.1) is 0 Å². The first-order chi connectivity index (χ1) is 14.9. The summed E-state index contributed by atoms with van der Waals surface area (Å²) in [6, 6.07) is 0. The smallest absolute Gasteiger partial charge is 0.373 e. The molecule has 0 amide bonds. The van der Waals surface area contributed by atoms with E-state index in [4.69, 9.17) is 0 Å². The predicted molar refractivity (Wildman–Crippen MR) is 137 cm³/mol. The highest BCUT2D eigenvalue weighted by molar-refractivity contribution is 7.37. The Morgan fingerprint density at radius 2 is 1.00 bits per heavy atom. The maximum absolute atomic E-state index is 11.4. The number of nitrogens with zero attached hydrogens (tertiary/aromatic N) is 1. The fourth-order valence-electron chi connectivity index (χ4n) is 4.24. The van der Waals surface area contributed by atoms with Gasteiger partial charge in [0.15, 0.2) is 0 Å². The second kappa shape index (κ2) is 21.6. The highest BCUT2D eigenvalue weighted by Gasteiger charge is 2.34. The van der Waals surface area contributed by atoms with E-state index in [-0.39, 0.29) is 5.78 Å². The Kier molecular flexibility index (Phi) is 21.4. The van der Waals surface area contributed by atoms with E-state index in [1.807, 2.05) is 21.1 Å². The van der Waals surface area contributed by atoms with Crippen molar-refractivity contribution in [3.05, 3.63) is 12.2 Å². The molecule has 4 heteroatoms. The average molecular weight is 457 g/mol. The van der Waals surface area contributed by atoms with Crippen LogP contribution in [0.25, 0.3) is 0 Å². The van der Waals surface area contributed by atoms with Gasteiger partial charge in [-0.05, 0) is 25.7 Å². The SMILES string of the molecule is CCCCCCCCCCCCCCCCCCC=CCCCC([P+](=O)[O-])[N+](C)(C)C. The Labute approximate surface area is 196 Å². The first kappa shape index (κ1) is 30.8. The average Bonchev–Trinajstić information content (AvgIpc) is 2.70. The summed E-state index contributed by atoms with van der Waals surface area (Å²) in [4.78, 5) is 11.4. The lowest BCUT2D eigenvalue weighted by Gasteiger charge is -2.27. The monoisotopic (exact) mass is 456 g/mol. The van der Waals surface area contributed by atoms with Gasteiger partial charge in [0.1, 0.15) is 0 Å². The zero-order valence-electron chi connectivity index (χ0n) is 21.6. The number of rotatable bonds is 23. The molecule has 0 aromatic heterocycles. The van der Waals surface area contributed by atoms with Gasteiger partial charge in [-0.2, -0.15) is 0 Å². The molecule has 3 nitrogen and oxygen atoms in total. The maximum atomic E-state index is 11.4. The van der Waals surface area contributed by atoms with Crippen molar-refractivity contribution in [3.8, 4) is 0 Å². The van der Waals surface area contributed by atoms with Crippen molar-refractivity contribution >= 4 is 8.03 Å². The van der Waals surface area contributed by atoms with Crippen LogP contribution in [0.2, 0.25) is 0 Å². The van der Waals surface area contributed by atoms with Gasteiger partial charge in [0, 0.05) is 6.42 Å². The van der Waals surface area contributed by atoms with Gasteiger partial charge in [-0.3, -0.25) is 4.48 Å². The van der Waals surface area contributed by atoms with Gasteiger partial charge in [-0.1, -0.05) is 120 Å². The van der Waals surface area contributed by atoms with Crippen molar-refractivity contribution in [2.75, 3.05) is 21.1 Å². The molecule has 0 radical (unpaired) electrons. The van der Waals surface area contributed by atoms with E-state index in [9.17, 15) is 9.46 Å². The minimum Gasteiger partial charge on any atom is -0.591 e. The van der Waals surface area contributed by atoms with Crippen LogP contribution in [-0.4, -0.2) is 31.4 Å². The molecule has 0 aliphatic heterocycles. The van der Waals surface area contributed by atoms with E-state index in [2.05, 4.69) is 19.1 Å². The van der Waals surface area contributed by atoms with Crippen LogP contribution in [0.15, 0.2) is 12.2 Å². The molecule has 0 spiro atoms. The standard InChI is InChI=1S/C27H55NO2P/c1-5-6-7-8-9-10-11-12-13-14-15-16-17-18-19-20-21-22-23-24-25-26-27(31(29)30)28(2,3)4/h22-23,27H,5-21,24-26H2,1-4H3/q+1. The number of quaternary nitrogens is 1. The summed E-state index contributed by atoms with van der Waals surface area (Å²) in [7, 11) is 3.53. The molecular weight excluding hydrogens is 401 g/mol. The van der Waals surface area contributed by atoms with E-state index in [0.717, 1.165) is 19.3 Å². The van der Waals surface area contributed by atoms with E-state index in [1.54, 1.807) is 0 Å². The second-order valence-electron chi connectivity index (χ2n) is 10.4. The Morgan fingerprint density at radius 1 is 0.645 bits per heavy atom. The number of hydrogen-bond donors (Lipinski definition) is 0. The van der Waals surface area contributed by atoms with Gasteiger partial charge >= 0.3 is 8.03 Å². The van der Waals surface area contributed by atoms with Crippen molar-refractivity contribution in [3.63, 3.8) is 0 Å². The van der Waals surface area contributed by atoms with E-state index in [1.165, 1.54) is 109 Å². The van der Waals surface area contributed by atoms with Crippen molar-refractivity contribution in [2.45, 2.75) is 141 Å². The zero-order chi connectivity index (χ0) is 23.2. The lowest BCUT2D eigenvalue weighted by Crippen LogP contribution is -2.44. The molecule has 184 valence electrons. The summed E-state index contributed by atoms with van der Waals surface area (Å²) in [6.07, 6.45) is 31.1. The highest BCUT2D eigenvalue weighted by atomic mass is 31.1. The first-order valence-corrected chi connectivity index (χ1v) is 14.7. The molecule has 0 aliphatic rings. The maximum Gasteiger partial charge on any atom is 0.373 e. The third kappa shape index (κ3) is 21.4. The van der Waals surface area contributed by atoms with Crippen LogP contribution >= 0.6 is 8.03 Å². The normalized spacial score (nSPS) is 13.8. The van der Waals surface area contributed by atoms with Crippen LogP contribution < -0.4 is 4.89 Å². The van der Waals surface area contributed by atoms with Crippen molar-refractivity contribution in [1.29, 1.82) is 0 Å². The molecule has 0 rings (SSSR count).